The Balaban J connectivity index is 1.25. The van der Waals surface area contributed by atoms with E-state index in [1.807, 2.05) is 17.9 Å². The van der Waals surface area contributed by atoms with Gasteiger partial charge in [0.15, 0.2) is 6.10 Å². The Morgan fingerprint density at radius 2 is 1.40 bits per heavy atom. The molecule has 1 aliphatic heterocycles. The zero-order valence-corrected chi connectivity index (χ0v) is 20.7. The monoisotopic (exact) mass is 468 g/mol. The van der Waals surface area contributed by atoms with Gasteiger partial charge in [0.05, 0.1) is 6.04 Å². The van der Waals surface area contributed by atoms with Crippen molar-refractivity contribution in [2.75, 3.05) is 26.2 Å². The molecule has 1 aliphatic carbocycles. The highest BCUT2D eigenvalue weighted by Crippen LogP contribution is 2.30. The number of aryl methyl sites for hydroxylation is 2. The van der Waals surface area contributed by atoms with Gasteiger partial charge < -0.3 is 9.64 Å². The fraction of sp³-hybridized carbons (Fsp3) is 0.387. The van der Waals surface area contributed by atoms with Gasteiger partial charge in [0.1, 0.15) is 5.75 Å². The standard InChI is InChI=1S/C31H36N2O2/c1-2-29(35-28-18-17-24-11-9-10-16-27(24)23-28)31(34)33-21-19-32(20-22-33)30(25-12-5-3-6-13-25)26-14-7-4-8-15-26/h3-8,12-15,17-18,23,29-30H,2,9-11,16,19-22H2,1H3. The summed E-state index contributed by atoms with van der Waals surface area (Å²) in [5.41, 5.74) is 5.41. The summed E-state index contributed by atoms with van der Waals surface area (Å²) in [5, 5.41) is 0. The van der Waals surface area contributed by atoms with Crippen LogP contribution < -0.4 is 4.74 Å². The van der Waals surface area contributed by atoms with E-state index in [4.69, 9.17) is 4.74 Å². The second-order valence-corrected chi connectivity index (χ2v) is 9.74. The number of rotatable bonds is 7. The Morgan fingerprint density at radius 3 is 2.00 bits per heavy atom. The van der Waals surface area contributed by atoms with Gasteiger partial charge in [-0.3, -0.25) is 9.69 Å². The van der Waals surface area contributed by atoms with E-state index < -0.39 is 6.10 Å². The van der Waals surface area contributed by atoms with Crippen LogP contribution in [0.4, 0.5) is 0 Å². The number of ether oxygens (including phenoxy) is 1. The van der Waals surface area contributed by atoms with Crippen LogP contribution in [0.5, 0.6) is 5.75 Å². The third-order valence-electron chi connectivity index (χ3n) is 7.47. The maximum atomic E-state index is 13.4. The van der Waals surface area contributed by atoms with Crippen LogP contribution in [0.1, 0.15) is 54.5 Å². The van der Waals surface area contributed by atoms with Crippen LogP contribution in [-0.2, 0) is 17.6 Å². The number of hydrogen-bond acceptors (Lipinski definition) is 3. The fourth-order valence-electron chi connectivity index (χ4n) is 5.54. The highest BCUT2D eigenvalue weighted by atomic mass is 16.5. The molecule has 182 valence electrons. The van der Waals surface area contributed by atoms with Crippen molar-refractivity contribution in [3.05, 3.63) is 101 Å². The van der Waals surface area contributed by atoms with E-state index in [2.05, 4.69) is 77.7 Å². The van der Waals surface area contributed by atoms with E-state index in [-0.39, 0.29) is 11.9 Å². The second kappa shape index (κ2) is 11.1. The lowest BCUT2D eigenvalue weighted by Gasteiger charge is -2.40. The van der Waals surface area contributed by atoms with E-state index in [1.54, 1.807) is 0 Å². The summed E-state index contributed by atoms with van der Waals surface area (Å²) >= 11 is 0. The summed E-state index contributed by atoms with van der Waals surface area (Å²) in [4.78, 5) is 17.9. The second-order valence-electron chi connectivity index (χ2n) is 9.74. The van der Waals surface area contributed by atoms with Crippen molar-refractivity contribution < 1.29 is 9.53 Å². The number of fused-ring (bicyclic) bond motifs is 1. The smallest absolute Gasteiger partial charge is 0.263 e. The largest absolute Gasteiger partial charge is 0.481 e. The van der Waals surface area contributed by atoms with Crippen LogP contribution in [-0.4, -0.2) is 48.0 Å². The lowest BCUT2D eigenvalue weighted by molar-refractivity contribution is -0.140. The molecule has 0 saturated carbocycles. The lowest BCUT2D eigenvalue weighted by atomic mass is 9.92. The maximum Gasteiger partial charge on any atom is 0.263 e. The van der Waals surface area contributed by atoms with Crippen LogP contribution in [0, 0.1) is 0 Å². The SMILES string of the molecule is CCC(Oc1ccc2c(c1)CCCC2)C(=O)N1CCN(C(c2ccccc2)c2ccccc2)CC1. The Hall–Kier alpha value is -3.11. The minimum atomic E-state index is -0.428. The molecule has 0 bridgehead atoms. The zero-order valence-electron chi connectivity index (χ0n) is 20.7. The number of carbonyl (C=O) groups excluding carboxylic acids is 1. The molecule has 0 spiro atoms. The molecule has 3 aromatic rings. The first-order valence-electron chi connectivity index (χ1n) is 13.1. The molecule has 4 nitrogen and oxygen atoms in total. The van der Waals surface area contributed by atoms with Crippen LogP contribution in [0.2, 0.25) is 0 Å². The van der Waals surface area contributed by atoms with E-state index >= 15 is 0 Å². The van der Waals surface area contributed by atoms with Crippen LogP contribution >= 0.6 is 0 Å². The molecule has 5 rings (SSSR count). The summed E-state index contributed by atoms with van der Waals surface area (Å²) in [6, 6.07) is 28.0. The van der Waals surface area contributed by atoms with Gasteiger partial charge in [0, 0.05) is 26.2 Å². The van der Waals surface area contributed by atoms with Gasteiger partial charge in [0.2, 0.25) is 0 Å². The fourth-order valence-corrected chi connectivity index (χ4v) is 5.54. The van der Waals surface area contributed by atoms with E-state index in [1.165, 1.54) is 35.1 Å². The highest BCUT2D eigenvalue weighted by molar-refractivity contribution is 5.81. The number of nitrogens with zero attached hydrogens (tertiary/aromatic N) is 2. The van der Waals surface area contributed by atoms with Gasteiger partial charge in [-0.1, -0.05) is 73.7 Å². The molecule has 0 N–H and O–H groups in total. The first-order chi connectivity index (χ1) is 17.2. The van der Waals surface area contributed by atoms with Crippen molar-refractivity contribution in [2.24, 2.45) is 0 Å². The van der Waals surface area contributed by atoms with Crippen molar-refractivity contribution in [3.8, 4) is 5.75 Å². The molecule has 4 heteroatoms. The van der Waals surface area contributed by atoms with Gasteiger partial charge in [-0.15, -0.1) is 0 Å². The van der Waals surface area contributed by atoms with Crippen LogP contribution in [0.3, 0.4) is 0 Å². The van der Waals surface area contributed by atoms with Crippen molar-refractivity contribution in [3.63, 3.8) is 0 Å². The molecule has 1 unspecified atom stereocenters. The number of hydrogen-bond donors (Lipinski definition) is 0. The molecule has 1 saturated heterocycles. The molecule has 0 aromatic heterocycles. The van der Waals surface area contributed by atoms with Crippen molar-refractivity contribution in [2.45, 2.75) is 51.2 Å². The first kappa shape index (κ1) is 23.6. The van der Waals surface area contributed by atoms with Gasteiger partial charge >= 0.3 is 0 Å². The predicted octanol–water partition coefficient (Wildman–Crippen LogP) is 5.66. The molecular formula is C31H36N2O2. The van der Waals surface area contributed by atoms with Crippen LogP contribution in [0.15, 0.2) is 78.9 Å². The van der Waals surface area contributed by atoms with Gasteiger partial charge in [-0.2, -0.15) is 0 Å². The molecule has 1 heterocycles. The highest BCUT2D eigenvalue weighted by Gasteiger charge is 2.31. The summed E-state index contributed by atoms with van der Waals surface area (Å²) in [5.74, 6) is 0.943. The minimum Gasteiger partial charge on any atom is -0.481 e. The summed E-state index contributed by atoms with van der Waals surface area (Å²) in [6.45, 7) is 5.17. The van der Waals surface area contributed by atoms with Gasteiger partial charge in [0.25, 0.3) is 5.91 Å². The molecule has 0 radical (unpaired) electrons. The Kier molecular flexibility index (Phi) is 7.48. The number of piperazine rings is 1. The maximum absolute atomic E-state index is 13.4. The van der Waals surface area contributed by atoms with Crippen LogP contribution in [0.25, 0.3) is 0 Å². The average Bonchev–Trinajstić information content (AvgIpc) is 2.93. The summed E-state index contributed by atoms with van der Waals surface area (Å²) in [7, 11) is 0. The predicted molar refractivity (Wildman–Crippen MR) is 141 cm³/mol. The normalized spacial score (nSPS) is 17.1. The third-order valence-corrected chi connectivity index (χ3v) is 7.47. The zero-order chi connectivity index (χ0) is 24.0. The first-order valence-corrected chi connectivity index (χ1v) is 13.1. The van der Waals surface area contributed by atoms with E-state index in [9.17, 15) is 4.79 Å². The Labute approximate surface area is 209 Å². The average molecular weight is 469 g/mol. The molecule has 1 atom stereocenters. The quantitative estimate of drug-likeness (QED) is 0.449. The molecule has 35 heavy (non-hydrogen) atoms. The Bertz CT molecular complexity index is 1070. The number of amides is 1. The topological polar surface area (TPSA) is 32.8 Å². The van der Waals surface area contributed by atoms with Gasteiger partial charge in [-0.25, -0.2) is 0 Å². The van der Waals surface area contributed by atoms with Crippen molar-refractivity contribution in [1.82, 2.24) is 9.80 Å². The van der Waals surface area contributed by atoms with Gasteiger partial charge in [-0.05, 0) is 66.5 Å². The number of benzene rings is 3. The van der Waals surface area contributed by atoms with Crippen molar-refractivity contribution in [1.29, 1.82) is 0 Å². The molecule has 2 aliphatic rings. The molecule has 1 amide bonds. The number of carbonyl (C=O) groups is 1. The van der Waals surface area contributed by atoms with E-state index in [0.717, 1.165) is 44.8 Å². The lowest BCUT2D eigenvalue weighted by Crippen LogP contribution is -2.53. The molecule has 1 fully saturated rings. The summed E-state index contributed by atoms with van der Waals surface area (Å²) < 4.78 is 6.25. The molecular weight excluding hydrogens is 432 g/mol. The third kappa shape index (κ3) is 5.43. The minimum absolute atomic E-state index is 0.112. The molecule has 3 aromatic carbocycles. The Morgan fingerprint density at radius 1 is 0.800 bits per heavy atom. The van der Waals surface area contributed by atoms with Crippen molar-refractivity contribution >= 4 is 5.91 Å². The van der Waals surface area contributed by atoms with E-state index in [0.29, 0.717) is 6.42 Å². The summed E-state index contributed by atoms with van der Waals surface area (Å²) in [6.07, 6.45) is 5.02.